The standard InChI is InChI=1S/C18H19N3O3/c1-13(12-24-2)20-18(23)16(11-19)17(22)14-5-7-15(8-6-14)21-9-3-4-10-21/h3-10,13,16H,12H2,1-2H3,(H,20,23)/t13-,16-/m0/s1. The number of hydrogen-bond acceptors (Lipinski definition) is 4. The van der Waals surface area contributed by atoms with Crippen molar-refractivity contribution in [2.75, 3.05) is 13.7 Å². The Labute approximate surface area is 140 Å². The van der Waals surface area contributed by atoms with Gasteiger partial charge in [0.25, 0.3) is 0 Å². The molecular weight excluding hydrogens is 306 g/mol. The van der Waals surface area contributed by atoms with E-state index in [1.165, 1.54) is 7.11 Å². The summed E-state index contributed by atoms with van der Waals surface area (Å²) in [6, 6.07) is 12.1. The molecule has 1 N–H and O–H groups in total. The van der Waals surface area contributed by atoms with Gasteiger partial charge in [-0.25, -0.2) is 0 Å². The van der Waals surface area contributed by atoms with Crippen LogP contribution in [0.4, 0.5) is 0 Å². The summed E-state index contributed by atoms with van der Waals surface area (Å²) in [7, 11) is 1.52. The number of nitrogens with one attached hydrogen (secondary N) is 1. The van der Waals surface area contributed by atoms with Gasteiger partial charge in [0.2, 0.25) is 5.91 Å². The average Bonchev–Trinajstić information content (AvgIpc) is 3.10. The number of aromatic nitrogens is 1. The van der Waals surface area contributed by atoms with Crippen LogP contribution in [-0.4, -0.2) is 36.0 Å². The number of amides is 1. The fourth-order valence-corrected chi connectivity index (χ4v) is 2.33. The molecule has 1 heterocycles. The summed E-state index contributed by atoms with van der Waals surface area (Å²) in [5, 5.41) is 11.8. The maximum Gasteiger partial charge on any atom is 0.245 e. The fourth-order valence-electron chi connectivity index (χ4n) is 2.33. The Morgan fingerprint density at radius 2 is 1.88 bits per heavy atom. The molecule has 0 aliphatic rings. The van der Waals surface area contributed by atoms with Crippen molar-refractivity contribution in [3.05, 3.63) is 54.4 Å². The van der Waals surface area contributed by atoms with Gasteiger partial charge < -0.3 is 14.6 Å². The molecule has 1 amide bonds. The number of nitrogens with zero attached hydrogens (tertiary/aromatic N) is 2. The zero-order valence-corrected chi connectivity index (χ0v) is 13.6. The molecule has 0 aliphatic carbocycles. The molecule has 0 saturated carbocycles. The van der Waals surface area contributed by atoms with Crippen LogP contribution in [0.3, 0.4) is 0 Å². The summed E-state index contributed by atoms with van der Waals surface area (Å²) in [6.45, 7) is 2.05. The van der Waals surface area contributed by atoms with Crippen LogP contribution in [0.1, 0.15) is 17.3 Å². The molecule has 6 nitrogen and oxygen atoms in total. The van der Waals surface area contributed by atoms with Gasteiger partial charge in [-0.15, -0.1) is 0 Å². The van der Waals surface area contributed by atoms with E-state index in [2.05, 4.69) is 5.32 Å². The Bertz CT molecular complexity index is 730. The van der Waals surface area contributed by atoms with Crippen LogP contribution in [0.25, 0.3) is 5.69 Å². The lowest BCUT2D eigenvalue weighted by Crippen LogP contribution is -2.41. The highest BCUT2D eigenvalue weighted by Crippen LogP contribution is 2.14. The molecule has 6 heteroatoms. The Kier molecular flexibility index (Phi) is 5.88. The molecule has 0 unspecified atom stereocenters. The minimum atomic E-state index is -1.37. The number of nitriles is 1. The number of methoxy groups -OCH3 is 1. The predicted molar refractivity (Wildman–Crippen MR) is 88.7 cm³/mol. The van der Waals surface area contributed by atoms with E-state index in [0.29, 0.717) is 12.2 Å². The molecule has 2 atom stereocenters. The van der Waals surface area contributed by atoms with E-state index >= 15 is 0 Å². The van der Waals surface area contributed by atoms with Gasteiger partial charge in [0.1, 0.15) is 0 Å². The Morgan fingerprint density at radius 1 is 1.25 bits per heavy atom. The summed E-state index contributed by atoms with van der Waals surface area (Å²) in [4.78, 5) is 24.5. The largest absolute Gasteiger partial charge is 0.383 e. The SMILES string of the molecule is COC[C@H](C)NC(=O)[C@@H](C#N)C(=O)c1ccc(-n2cccc2)cc1. The first-order valence-corrected chi connectivity index (χ1v) is 7.53. The summed E-state index contributed by atoms with van der Waals surface area (Å²) >= 11 is 0. The van der Waals surface area contributed by atoms with Crippen molar-refractivity contribution in [1.29, 1.82) is 5.26 Å². The highest BCUT2D eigenvalue weighted by atomic mass is 16.5. The van der Waals surface area contributed by atoms with E-state index in [0.717, 1.165) is 5.69 Å². The summed E-state index contributed by atoms with van der Waals surface area (Å²) in [6.07, 6.45) is 3.78. The predicted octanol–water partition coefficient (Wildman–Crippen LogP) is 1.95. The third-order valence-corrected chi connectivity index (χ3v) is 3.51. The first-order chi connectivity index (χ1) is 11.6. The third kappa shape index (κ3) is 4.09. The lowest BCUT2D eigenvalue weighted by molar-refractivity contribution is -0.123. The van der Waals surface area contributed by atoms with Crippen LogP contribution in [-0.2, 0) is 9.53 Å². The van der Waals surface area contributed by atoms with Crippen molar-refractivity contribution in [3.63, 3.8) is 0 Å². The van der Waals surface area contributed by atoms with Gasteiger partial charge in [-0.05, 0) is 43.3 Å². The molecule has 2 rings (SSSR count). The number of benzene rings is 1. The van der Waals surface area contributed by atoms with Crippen molar-refractivity contribution in [1.82, 2.24) is 9.88 Å². The summed E-state index contributed by atoms with van der Waals surface area (Å²) in [5.74, 6) is -2.50. The van der Waals surface area contributed by atoms with Crippen LogP contribution in [0.5, 0.6) is 0 Å². The van der Waals surface area contributed by atoms with E-state index in [1.54, 1.807) is 37.3 Å². The molecule has 0 aliphatic heterocycles. The van der Waals surface area contributed by atoms with Crippen molar-refractivity contribution in [3.8, 4) is 11.8 Å². The van der Waals surface area contributed by atoms with Crippen molar-refractivity contribution < 1.29 is 14.3 Å². The van der Waals surface area contributed by atoms with Crippen molar-refractivity contribution in [2.45, 2.75) is 13.0 Å². The zero-order chi connectivity index (χ0) is 17.5. The Balaban J connectivity index is 2.11. The molecule has 1 aromatic heterocycles. The molecule has 0 fully saturated rings. The maximum absolute atomic E-state index is 12.4. The van der Waals surface area contributed by atoms with E-state index < -0.39 is 17.6 Å². The van der Waals surface area contributed by atoms with Crippen molar-refractivity contribution >= 4 is 11.7 Å². The first kappa shape index (κ1) is 17.4. The highest BCUT2D eigenvalue weighted by molar-refractivity contribution is 6.12. The van der Waals surface area contributed by atoms with E-state index in [4.69, 9.17) is 4.74 Å². The summed E-state index contributed by atoms with van der Waals surface area (Å²) < 4.78 is 6.82. The summed E-state index contributed by atoms with van der Waals surface area (Å²) in [5.41, 5.74) is 1.22. The molecule has 0 radical (unpaired) electrons. The fraction of sp³-hybridized carbons (Fsp3) is 0.278. The van der Waals surface area contributed by atoms with Gasteiger partial charge in [0, 0.05) is 36.8 Å². The van der Waals surface area contributed by atoms with Crippen LogP contribution < -0.4 is 5.32 Å². The average molecular weight is 325 g/mol. The molecule has 0 saturated heterocycles. The lowest BCUT2D eigenvalue weighted by atomic mass is 9.97. The smallest absolute Gasteiger partial charge is 0.245 e. The van der Waals surface area contributed by atoms with E-state index in [9.17, 15) is 14.9 Å². The molecule has 124 valence electrons. The van der Waals surface area contributed by atoms with Crippen molar-refractivity contribution in [2.24, 2.45) is 5.92 Å². The number of ketones is 1. The number of carbonyl (C=O) groups excluding carboxylic acids is 2. The second kappa shape index (κ2) is 8.09. The molecule has 0 spiro atoms. The number of rotatable bonds is 7. The number of Topliss-reactive ketones (excluding diaryl/α,β-unsaturated/α-hetero) is 1. The quantitative estimate of drug-likeness (QED) is 0.623. The van der Waals surface area contributed by atoms with Gasteiger partial charge in [0.15, 0.2) is 11.7 Å². The minimum Gasteiger partial charge on any atom is -0.383 e. The van der Waals surface area contributed by atoms with Gasteiger partial charge in [-0.1, -0.05) is 0 Å². The van der Waals surface area contributed by atoms with E-state index in [-0.39, 0.29) is 6.04 Å². The van der Waals surface area contributed by atoms with Crippen LogP contribution in [0.15, 0.2) is 48.8 Å². The molecule has 0 bridgehead atoms. The number of hydrogen-bond donors (Lipinski definition) is 1. The van der Waals surface area contributed by atoms with Crippen LogP contribution in [0.2, 0.25) is 0 Å². The minimum absolute atomic E-state index is 0.276. The normalized spacial score (nSPS) is 12.9. The maximum atomic E-state index is 12.4. The molecule has 24 heavy (non-hydrogen) atoms. The molecular formula is C18H19N3O3. The Hall–Kier alpha value is -2.91. The van der Waals surface area contributed by atoms with Gasteiger partial charge in [0.05, 0.1) is 12.7 Å². The van der Waals surface area contributed by atoms with Crippen LogP contribution in [0, 0.1) is 17.2 Å². The van der Waals surface area contributed by atoms with Gasteiger partial charge in [-0.2, -0.15) is 5.26 Å². The lowest BCUT2D eigenvalue weighted by Gasteiger charge is -2.15. The topological polar surface area (TPSA) is 84.1 Å². The monoisotopic (exact) mass is 325 g/mol. The second-order valence-electron chi connectivity index (χ2n) is 5.43. The molecule has 2 aromatic rings. The second-order valence-corrected chi connectivity index (χ2v) is 5.43. The van der Waals surface area contributed by atoms with E-state index in [1.807, 2.05) is 29.1 Å². The molecule has 1 aromatic carbocycles. The van der Waals surface area contributed by atoms with Gasteiger partial charge >= 0.3 is 0 Å². The van der Waals surface area contributed by atoms with Crippen LogP contribution >= 0.6 is 0 Å². The van der Waals surface area contributed by atoms with Gasteiger partial charge in [-0.3, -0.25) is 9.59 Å². The Morgan fingerprint density at radius 3 is 2.42 bits per heavy atom. The third-order valence-electron chi connectivity index (χ3n) is 3.51. The highest BCUT2D eigenvalue weighted by Gasteiger charge is 2.28. The first-order valence-electron chi connectivity index (χ1n) is 7.53. The number of ether oxygens (including phenoxy) is 1. The zero-order valence-electron chi connectivity index (χ0n) is 13.6. The number of carbonyl (C=O) groups is 2.